The van der Waals surface area contributed by atoms with Gasteiger partial charge in [-0.1, -0.05) is 12.1 Å². The van der Waals surface area contributed by atoms with Crippen molar-refractivity contribution in [3.05, 3.63) is 36.5 Å². The molecular weight excluding hydrogens is 326 g/mol. The van der Waals surface area contributed by atoms with Gasteiger partial charge in [0.15, 0.2) is 0 Å². The Morgan fingerprint density at radius 2 is 1.88 bits per heavy atom. The van der Waals surface area contributed by atoms with Crippen LogP contribution in [-0.2, 0) is 0 Å². The Hall–Kier alpha value is -2.60. The van der Waals surface area contributed by atoms with Gasteiger partial charge in [-0.25, -0.2) is 4.98 Å². The topological polar surface area (TPSA) is 99.9 Å². The Morgan fingerprint density at radius 3 is 2.62 bits per heavy atom. The highest BCUT2D eigenvalue weighted by Gasteiger charge is 2.41. The number of aliphatic hydroxyl groups excluding tert-OH is 1. The van der Waals surface area contributed by atoms with Crippen molar-refractivity contribution in [2.24, 2.45) is 11.8 Å². The molecule has 1 aromatic carbocycles. The lowest BCUT2D eigenvalue weighted by Crippen LogP contribution is -2.18. The van der Waals surface area contributed by atoms with E-state index in [-0.39, 0.29) is 6.10 Å². The largest absolute Gasteiger partial charge is 0.393 e. The van der Waals surface area contributed by atoms with E-state index in [2.05, 4.69) is 32.6 Å². The van der Waals surface area contributed by atoms with Crippen molar-refractivity contribution in [3.63, 3.8) is 0 Å². The Bertz CT molecular complexity index is 925. The summed E-state index contributed by atoms with van der Waals surface area (Å²) < 4.78 is 0. The summed E-state index contributed by atoms with van der Waals surface area (Å²) in [4.78, 5) is 4.52. The van der Waals surface area contributed by atoms with Gasteiger partial charge in [-0.05, 0) is 49.7 Å². The van der Waals surface area contributed by atoms with Gasteiger partial charge >= 0.3 is 0 Å². The second-order valence-corrected chi connectivity index (χ2v) is 7.75. The minimum Gasteiger partial charge on any atom is -0.393 e. The van der Waals surface area contributed by atoms with E-state index in [0.717, 1.165) is 53.5 Å². The smallest absolute Gasteiger partial charge is 0.126 e. The Morgan fingerprint density at radius 1 is 1.08 bits per heavy atom. The fourth-order valence-electron chi connectivity index (χ4n) is 4.87. The number of aliphatic hydroxyl groups is 1. The number of hydrogen-bond donors (Lipinski definition) is 4. The molecule has 5 N–H and O–H groups in total. The maximum atomic E-state index is 9.84. The van der Waals surface area contributed by atoms with Crippen molar-refractivity contribution >= 4 is 22.4 Å². The number of nitrogens with zero attached hydrogens (tertiary/aromatic N) is 2. The normalized spacial score (nSPS) is 27.7. The number of fused-ring (bicyclic) bond motifs is 2. The molecule has 2 aliphatic carbocycles. The second kappa shape index (κ2) is 5.99. The molecular formula is C20H23N5O. The zero-order valence-corrected chi connectivity index (χ0v) is 14.5. The molecule has 5 rings (SSSR count). The zero-order chi connectivity index (χ0) is 17.7. The molecule has 0 spiro atoms. The molecule has 6 nitrogen and oxygen atoms in total. The third-order valence-corrected chi connectivity index (χ3v) is 5.99. The number of nitrogen functional groups attached to an aromatic ring is 1. The van der Waals surface area contributed by atoms with Crippen LogP contribution in [0.5, 0.6) is 0 Å². The summed E-state index contributed by atoms with van der Waals surface area (Å²) >= 11 is 0. The van der Waals surface area contributed by atoms with E-state index in [1.54, 1.807) is 6.20 Å². The van der Waals surface area contributed by atoms with Crippen LogP contribution in [0.3, 0.4) is 0 Å². The number of anilines is 2. The summed E-state index contributed by atoms with van der Waals surface area (Å²) in [5, 5.41) is 21.6. The molecule has 2 fully saturated rings. The summed E-state index contributed by atoms with van der Waals surface area (Å²) in [5.41, 5.74) is 10.0. The van der Waals surface area contributed by atoms with Gasteiger partial charge in [0.25, 0.3) is 0 Å². The summed E-state index contributed by atoms with van der Waals surface area (Å²) in [5.74, 6) is 1.83. The standard InChI is InChI=1S/C20H23N5O/c21-20-10-19(23-14-5-12-7-15(26)8-13(12)6-14)16-2-1-11(9-18(16)24-20)17-3-4-22-25-17/h1-4,9-10,12-15,26H,5-8H2,(H,22,25)(H3,21,23,24). The van der Waals surface area contributed by atoms with Gasteiger partial charge in [-0.15, -0.1) is 0 Å². The van der Waals surface area contributed by atoms with E-state index in [4.69, 9.17) is 5.73 Å². The van der Waals surface area contributed by atoms with Crippen molar-refractivity contribution < 1.29 is 5.11 Å². The van der Waals surface area contributed by atoms with Crippen molar-refractivity contribution in [2.75, 3.05) is 11.1 Å². The van der Waals surface area contributed by atoms with E-state index in [0.29, 0.717) is 23.7 Å². The summed E-state index contributed by atoms with van der Waals surface area (Å²) in [6, 6.07) is 10.5. The first-order chi connectivity index (χ1) is 12.7. The predicted molar refractivity (Wildman–Crippen MR) is 103 cm³/mol. The predicted octanol–water partition coefficient (Wildman–Crippen LogP) is 3.17. The molecule has 26 heavy (non-hydrogen) atoms. The van der Waals surface area contributed by atoms with Gasteiger partial charge in [0.1, 0.15) is 5.82 Å². The number of pyridine rings is 1. The lowest BCUT2D eigenvalue weighted by atomic mass is 10.0. The Labute approximate surface area is 151 Å². The molecule has 0 aliphatic heterocycles. The van der Waals surface area contributed by atoms with Crippen LogP contribution in [0.15, 0.2) is 36.5 Å². The van der Waals surface area contributed by atoms with Gasteiger partial charge in [0.2, 0.25) is 0 Å². The molecule has 2 unspecified atom stereocenters. The van der Waals surface area contributed by atoms with Crippen molar-refractivity contribution in [1.29, 1.82) is 0 Å². The van der Waals surface area contributed by atoms with Crippen molar-refractivity contribution in [1.82, 2.24) is 15.2 Å². The van der Waals surface area contributed by atoms with Crippen LogP contribution in [0.1, 0.15) is 25.7 Å². The molecule has 0 radical (unpaired) electrons. The van der Waals surface area contributed by atoms with Crippen molar-refractivity contribution in [3.8, 4) is 11.3 Å². The highest BCUT2D eigenvalue weighted by Crippen LogP contribution is 2.45. The molecule has 0 bridgehead atoms. The lowest BCUT2D eigenvalue weighted by molar-refractivity contribution is 0.171. The van der Waals surface area contributed by atoms with E-state index in [1.165, 1.54) is 0 Å². The van der Waals surface area contributed by atoms with Crippen LogP contribution in [-0.4, -0.2) is 32.4 Å². The molecule has 134 valence electrons. The number of H-pyrrole nitrogens is 1. The molecule has 0 amide bonds. The number of aromatic amines is 1. The van der Waals surface area contributed by atoms with Crippen LogP contribution in [0.2, 0.25) is 0 Å². The first-order valence-electron chi connectivity index (χ1n) is 9.30. The average molecular weight is 349 g/mol. The fourth-order valence-corrected chi connectivity index (χ4v) is 4.87. The minimum absolute atomic E-state index is 0.0933. The summed E-state index contributed by atoms with van der Waals surface area (Å²) in [6.45, 7) is 0. The van der Waals surface area contributed by atoms with Crippen LogP contribution in [0, 0.1) is 11.8 Å². The SMILES string of the molecule is Nc1cc(NC2CC3CC(O)CC3C2)c2ccc(-c3ccn[nH]3)cc2n1. The highest BCUT2D eigenvalue weighted by molar-refractivity contribution is 5.95. The highest BCUT2D eigenvalue weighted by atomic mass is 16.3. The van der Waals surface area contributed by atoms with E-state index >= 15 is 0 Å². The van der Waals surface area contributed by atoms with Gasteiger partial charge in [0, 0.05) is 34.9 Å². The third-order valence-electron chi connectivity index (χ3n) is 5.99. The average Bonchev–Trinajstić information content (AvgIpc) is 3.30. The summed E-state index contributed by atoms with van der Waals surface area (Å²) in [7, 11) is 0. The molecule has 6 heteroatoms. The second-order valence-electron chi connectivity index (χ2n) is 7.75. The van der Waals surface area contributed by atoms with Crippen LogP contribution < -0.4 is 11.1 Å². The van der Waals surface area contributed by atoms with Gasteiger partial charge < -0.3 is 16.2 Å². The monoisotopic (exact) mass is 349 g/mol. The summed E-state index contributed by atoms with van der Waals surface area (Å²) in [6.07, 6.45) is 5.80. The maximum Gasteiger partial charge on any atom is 0.126 e. The van der Waals surface area contributed by atoms with Crippen molar-refractivity contribution in [2.45, 2.75) is 37.8 Å². The number of rotatable bonds is 3. The molecule has 3 aromatic rings. The van der Waals surface area contributed by atoms with E-state index in [1.807, 2.05) is 18.2 Å². The zero-order valence-electron chi connectivity index (χ0n) is 14.5. The number of benzene rings is 1. The minimum atomic E-state index is -0.0933. The van der Waals surface area contributed by atoms with E-state index < -0.39 is 0 Å². The van der Waals surface area contributed by atoms with Gasteiger partial charge in [0.05, 0.1) is 17.3 Å². The number of aromatic nitrogens is 3. The molecule has 2 saturated carbocycles. The fraction of sp³-hybridized carbons (Fsp3) is 0.400. The Balaban J connectivity index is 1.44. The third kappa shape index (κ3) is 2.70. The van der Waals surface area contributed by atoms with E-state index in [9.17, 15) is 5.11 Å². The first-order valence-corrected chi connectivity index (χ1v) is 9.30. The molecule has 2 heterocycles. The quantitative estimate of drug-likeness (QED) is 0.582. The van der Waals surface area contributed by atoms with Gasteiger partial charge in [-0.2, -0.15) is 5.10 Å². The molecule has 2 aromatic heterocycles. The molecule has 2 aliphatic rings. The van der Waals surface area contributed by atoms with Gasteiger partial charge in [-0.3, -0.25) is 5.10 Å². The molecule has 0 saturated heterocycles. The first kappa shape index (κ1) is 15.6. The molecule has 2 atom stereocenters. The number of hydrogen-bond acceptors (Lipinski definition) is 5. The van der Waals surface area contributed by atoms with Crippen LogP contribution >= 0.6 is 0 Å². The van der Waals surface area contributed by atoms with Crippen LogP contribution in [0.25, 0.3) is 22.2 Å². The number of nitrogens with two attached hydrogens (primary N) is 1. The lowest BCUT2D eigenvalue weighted by Gasteiger charge is -2.18. The Kier molecular flexibility index (Phi) is 3.60. The maximum absolute atomic E-state index is 9.84. The van der Waals surface area contributed by atoms with Crippen LogP contribution in [0.4, 0.5) is 11.5 Å². The number of nitrogens with one attached hydrogen (secondary N) is 2.